The Bertz CT molecular complexity index is 190. The van der Waals surface area contributed by atoms with E-state index in [4.69, 9.17) is 0 Å². The highest BCUT2D eigenvalue weighted by Gasteiger charge is 2.31. The van der Waals surface area contributed by atoms with Crippen molar-refractivity contribution in [3.05, 3.63) is 12.2 Å². The molecular weight excluding hydrogens is 152 g/mol. The Kier molecular flexibility index (Phi) is 3.65. The van der Waals surface area contributed by atoms with E-state index in [9.17, 15) is 9.90 Å². The standard InChI is InChI=1S/C10H18O2/c1-7(2)6-9(12)10(4,5)8(3)11/h8,11H,1,6H2,2-5H3. The highest BCUT2D eigenvalue weighted by molar-refractivity contribution is 5.86. The summed E-state index contributed by atoms with van der Waals surface area (Å²) in [4.78, 5) is 11.5. The third-order valence-corrected chi connectivity index (χ3v) is 2.23. The average Bonchev–Trinajstić information content (AvgIpc) is 1.85. The van der Waals surface area contributed by atoms with Gasteiger partial charge in [0.15, 0.2) is 0 Å². The van der Waals surface area contributed by atoms with E-state index >= 15 is 0 Å². The van der Waals surface area contributed by atoms with Gasteiger partial charge in [-0.05, 0) is 13.8 Å². The maximum Gasteiger partial charge on any atom is 0.145 e. The fourth-order valence-electron chi connectivity index (χ4n) is 0.735. The molecule has 0 aromatic rings. The molecule has 0 aliphatic rings. The van der Waals surface area contributed by atoms with E-state index in [1.165, 1.54) is 0 Å². The van der Waals surface area contributed by atoms with Crippen LogP contribution in [0.5, 0.6) is 0 Å². The number of hydrogen-bond donors (Lipinski definition) is 1. The van der Waals surface area contributed by atoms with Gasteiger partial charge >= 0.3 is 0 Å². The number of rotatable bonds is 4. The summed E-state index contributed by atoms with van der Waals surface area (Å²) in [5.41, 5.74) is 0.188. The summed E-state index contributed by atoms with van der Waals surface area (Å²) in [6, 6.07) is 0. The third-order valence-electron chi connectivity index (χ3n) is 2.23. The van der Waals surface area contributed by atoms with Gasteiger partial charge in [0.25, 0.3) is 0 Å². The van der Waals surface area contributed by atoms with Crippen molar-refractivity contribution in [2.24, 2.45) is 5.41 Å². The van der Waals surface area contributed by atoms with Crippen LogP contribution in [0.25, 0.3) is 0 Å². The Hall–Kier alpha value is -0.630. The normalized spacial score (nSPS) is 14.1. The SMILES string of the molecule is C=C(C)CC(=O)C(C)(C)C(C)O. The van der Waals surface area contributed by atoms with Gasteiger partial charge in [-0.25, -0.2) is 0 Å². The van der Waals surface area contributed by atoms with Gasteiger partial charge in [-0.3, -0.25) is 4.79 Å². The van der Waals surface area contributed by atoms with Crippen molar-refractivity contribution in [1.82, 2.24) is 0 Å². The maximum absolute atomic E-state index is 11.5. The number of aliphatic hydroxyl groups is 1. The Labute approximate surface area is 74.3 Å². The second-order valence-electron chi connectivity index (χ2n) is 3.95. The Morgan fingerprint density at radius 2 is 2.00 bits per heavy atom. The van der Waals surface area contributed by atoms with E-state index in [0.29, 0.717) is 6.42 Å². The molecule has 2 nitrogen and oxygen atoms in total. The summed E-state index contributed by atoms with van der Waals surface area (Å²) in [5, 5.41) is 9.31. The zero-order chi connectivity index (χ0) is 9.94. The number of aliphatic hydroxyl groups excluding tert-OH is 1. The van der Waals surface area contributed by atoms with Crippen LogP contribution in [0.15, 0.2) is 12.2 Å². The summed E-state index contributed by atoms with van der Waals surface area (Å²) in [7, 11) is 0. The molecule has 0 aromatic heterocycles. The molecular formula is C10H18O2. The molecule has 12 heavy (non-hydrogen) atoms. The summed E-state index contributed by atoms with van der Waals surface area (Å²) in [6.07, 6.45) is -0.248. The van der Waals surface area contributed by atoms with Crippen molar-refractivity contribution >= 4 is 5.78 Å². The zero-order valence-corrected chi connectivity index (χ0v) is 8.35. The van der Waals surface area contributed by atoms with Crippen LogP contribution in [0, 0.1) is 5.41 Å². The Morgan fingerprint density at radius 1 is 1.58 bits per heavy atom. The van der Waals surface area contributed by atoms with E-state index in [1.54, 1.807) is 20.8 Å². The van der Waals surface area contributed by atoms with Gasteiger partial charge < -0.3 is 5.11 Å². The van der Waals surface area contributed by atoms with E-state index in [0.717, 1.165) is 5.57 Å². The molecule has 70 valence electrons. The first-order valence-corrected chi connectivity index (χ1v) is 4.14. The van der Waals surface area contributed by atoms with Crippen molar-refractivity contribution in [1.29, 1.82) is 0 Å². The molecule has 1 unspecified atom stereocenters. The van der Waals surface area contributed by atoms with Gasteiger partial charge in [0.2, 0.25) is 0 Å². The van der Waals surface area contributed by atoms with E-state index in [2.05, 4.69) is 6.58 Å². The second kappa shape index (κ2) is 3.85. The minimum atomic E-state index is -0.654. The van der Waals surface area contributed by atoms with Crippen molar-refractivity contribution < 1.29 is 9.90 Å². The largest absolute Gasteiger partial charge is 0.392 e. The lowest BCUT2D eigenvalue weighted by Crippen LogP contribution is -2.35. The molecule has 0 saturated heterocycles. The van der Waals surface area contributed by atoms with Crippen LogP contribution in [0.3, 0.4) is 0 Å². The fraction of sp³-hybridized carbons (Fsp3) is 0.700. The number of Topliss-reactive ketones (excluding diaryl/α,β-unsaturated/α-hetero) is 1. The molecule has 0 saturated carbocycles. The molecule has 0 bridgehead atoms. The van der Waals surface area contributed by atoms with Gasteiger partial charge in [-0.1, -0.05) is 26.0 Å². The number of hydrogen-bond acceptors (Lipinski definition) is 2. The van der Waals surface area contributed by atoms with Crippen LogP contribution in [0.1, 0.15) is 34.1 Å². The molecule has 0 fully saturated rings. The monoisotopic (exact) mass is 170 g/mol. The molecule has 0 amide bonds. The third kappa shape index (κ3) is 2.78. The van der Waals surface area contributed by atoms with Crippen LogP contribution in [0.2, 0.25) is 0 Å². The predicted octanol–water partition coefficient (Wildman–Crippen LogP) is 1.93. The van der Waals surface area contributed by atoms with Crippen LogP contribution < -0.4 is 0 Å². The molecule has 2 heteroatoms. The van der Waals surface area contributed by atoms with Crippen LogP contribution in [-0.2, 0) is 4.79 Å². The van der Waals surface area contributed by atoms with Gasteiger partial charge in [0, 0.05) is 11.8 Å². The molecule has 0 aliphatic carbocycles. The molecule has 0 radical (unpaired) electrons. The number of ketones is 1. The van der Waals surface area contributed by atoms with E-state index < -0.39 is 11.5 Å². The first kappa shape index (κ1) is 11.4. The lowest BCUT2D eigenvalue weighted by atomic mass is 9.80. The first-order valence-electron chi connectivity index (χ1n) is 4.14. The summed E-state index contributed by atoms with van der Waals surface area (Å²) in [5.74, 6) is 0.0463. The summed E-state index contributed by atoms with van der Waals surface area (Å²) in [6.45, 7) is 10.6. The predicted molar refractivity (Wildman–Crippen MR) is 49.9 cm³/mol. The lowest BCUT2D eigenvalue weighted by molar-refractivity contribution is -0.131. The molecule has 0 rings (SSSR count). The quantitative estimate of drug-likeness (QED) is 0.654. The molecule has 1 atom stereocenters. The Morgan fingerprint density at radius 3 is 2.25 bits per heavy atom. The second-order valence-corrected chi connectivity index (χ2v) is 3.95. The summed E-state index contributed by atoms with van der Waals surface area (Å²) >= 11 is 0. The van der Waals surface area contributed by atoms with Crippen molar-refractivity contribution in [2.45, 2.75) is 40.2 Å². The minimum absolute atomic E-state index is 0.0463. The number of allylic oxidation sites excluding steroid dienone is 1. The van der Waals surface area contributed by atoms with Crippen molar-refractivity contribution in [3.8, 4) is 0 Å². The minimum Gasteiger partial charge on any atom is -0.392 e. The van der Waals surface area contributed by atoms with Gasteiger partial charge in [-0.15, -0.1) is 0 Å². The van der Waals surface area contributed by atoms with Crippen LogP contribution in [0.4, 0.5) is 0 Å². The number of carbonyl (C=O) groups is 1. The van der Waals surface area contributed by atoms with Gasteiger partial charge in [0.05, 0.1) is 6.10 Å². The van der Waals surface area contributed by atoms with E-state index in [1.807, 2.05) is 6.92 Å². The van der Waals surface area contributed by atoms with Crippen LogP contribution in [-0.4, -0.2) is 17.0 Å². The van der Waals surface area contributed by atoms with Crippen LogP contribution >= 0.6 is 0 Å². The smallest absolute Gasteiger partial charge is 0.145 e. The highest BCUT2D eigenvalue weighted by Crippen LogP contribution is 2.24. The zero-order valence-electron chi connectivity index (χ0n) is 8.35. The van der Waals surface area contributed by atoms with Gasteiger partial charge in [0.1, 0.15) is 5.78 Å². The molecule has 1 N–H and O–H groups in total. The molecule has 0 aromatic carbocycles. The first-order chi connectivity index (χ1) is 5.28. The highest BCUT2D eigenvalue weighted by atomic mass is 16.3. The van der Waals surface area contributed by atoms with Gasteiger partial charge in [-0.2, -0.15) is 0 Å². The van der Waals surface area contributed by atoms with E-state index in [-0.39, 0.29) is 5.78 Å². The molecule has 0 aliphatic heterocycles. The molecule has 0 spiro atoms. The number of carbonyl (C=O) groups excluding carboxylic acids is 1. The van der Waals surface area contributed by atoms with Crippen molar-refractivity contribution in [3.63, 3.8) is 0 Å². The summed E-state index contributed by atoms with van der Waals surface area (Å²) < 4.78 is 0. The lowest BCUT2D eigenvalue weighted by Gasteiger charge is -2.26. The maximum atomic E-state index is 11.5. The fourth-order valence-corrected chi connectivity index (χ4v) is 0.735. The molecule has 0 heterocycles. The van der Waals surface area contributed by atoms with Crippen molar-refractivity contribution in [2.75, 3.05) is 0 Å². The topological polar surface area (TPSA) is 37.3 Å². The Balaban J connectivity index is 4.36. The average molecular weight is 170 g/mol.